The molecule has 1 N–H and O–H groups in total. The quantitative estimate of drug-likeness (QED) is 0.563. The van der Waals surface area contributed by atoms with Crippen LogP contribution in [0.2, 0.25) is 0 Å². The number of benzene rings is 2. The molecule has 0 atom stereocenters. The van der Waals surface area contributed by atoms with Crippen molar-refractivity contribution in [1.29, 1.82) is 0 Å². The largest absolute Gasteiger partial charge is 0.497 e. The first kappa shape index (κ1) is 24.3. The van der Waals surface area contributed by atoms with Crippen LogP contribution in [-0.2, 0) is 9.59 Å². The maximum Gasteiger partial charge on any atom is 0.253 e. The minimum Gasteiger partial charge on any atom is -0.497 e. The molecule has 0 aromatic heterocycles. The summed E-state index contributed by atoms with van der Waals surface area (Å²) in [5, 5.41) is 2.88. The standard InChI is InChI=1S/C27H32N4O4/c1-3-14-31(27(34)20-4-5-20)19-25(32)28-22-8-10-23(11-9-22)29-15-17-30(18-16-29)26(33)21-6-12-24(35-2)13-7-21/h3,6-13,20H,1,4-5,14-19H2,2H3,(H,28,32). The van der Waals surface area contributed by atoms with Crippen molar-refractivity contribution in [2.75, 3.05) is 56.6 Å². The number of hydrogen-bond donors (Lipinski definition) is 1. The molecular formula is C27H32N4O4. The minimum absolute atomic E-state index is 0.0211. The maximum absolute atomic E-state index is 12.8. The number of nitrogens with zero attached hydrogens (tertiary/aromatic N) is 3. The molecule has 8 heteroatoms. The van der Waals surface area contributed by atoms with Crippen LogP contribution in [0.1, 0.15) is 23.2 Å². The smallest absolute Gasteiger partial charge is 0.253 e. The molecule has 2 aromatic rings. The van der Waals surface area contributed by atoms with Gasteiger partial charge in [0.15, 0.2) is 0 Å². The number of anilines is 2. The molecule has 3 amide bonds. The summed E-state index contributed by atoms with van der Waals surface area (Å²) in [6.07, 6.45) is 3.45. The number of amides is 3. The van der Waals surface area contributed by atoms with Gasteiger partial charge in [0.1, 0.15) is 12.3 Å². The summed E-state index contributed by atoms with van der Waals surface area (Å²) in [5.41, 5.74) is 2.38. The first-order chi connectivity index (χ1) is 17.0. The van der Waals surface area contributed by atoms with Gasteiger partial charge in [0, 0.05) is 55.6 Å². The van der Waals surface area contributed by atoms with Crippen molar-refractivity contribution in [1.82, 2.24) is 9.80 Å². The van der Waals surface area contributed by atoms with Crippen LogP contribution in [0.3, 0.4) is 0 Å². The molecule has 1 saturated heterocycles. The van der Waals surface area contributed by atoms with E-state index in [9.17, 15) is 14.4 Å². The molecule has 0 unspecified atom stereocenters. The van der Waals surface area contributed by atoms with Gasteiger partial charge in [-0.15, -0.1) is 6.58 Å². The molecular weight excluding hydrogens is 444 g/mol. The number of piperazine rings is 1. The summed E-state index contributed by atoms with van der Waals surface area (Å²) in [7, 11) is 1.60. The van der Waals surface area contributed by atoms with Gasteiger partial charge in [0.2, 0.25) is 11.8 Å². The van der Waals surface area contributed by atoms with Crippen LogP contribution < -0.4 is 15.0 Å². The Morgan fingerprint density at radius 3 is 2.26 bits per heavy atom. The van der Waals surface area contributed by atoms with Crippen LogP contribution in [0, 0.1) is 5.92 Å². The number of ether oxygens (including phenoxy) is 1. The summed E-state index contributed by atoms with van der Waals surface area (Å²) in [4.78, 5) is 43.3. The highest BCUT2D eigenvalue weighted by atomic mass is 16.5. The zero-order chi connectivity index (χ0) is 24.8. The highest BCUT2D eigenvalue weighted by Gasteiger charge is 2.33. The van der Waals surface area contributed by atoms with Gasteiger partial charge in [-0.3, -0.25) is 14.4 Å². The Hall–Kier alpha value is -3.81. The van der Waals surface area contributed by atoms with Gasteiger partial charge in [-0.25, -0.2) is 0 Å². The fourth-order valence-corrected chi connectivity index (χ4v) is 4.19. The number of carbonyl (C=O) groups is 3. The summed E-state index contributed by atoms with van der Waals surface area (Å²) in [5.74, 6) is 0.621. The number of methoxy groups -OCH3 is 1. The molecule has 8 nitrogen and oxygen atoms in total. The van der Waals surface area contributed by atoms with Gasteiger partial charge in [0.05, 0.1) is 7.11 Å². The molecule has 1 aliphatic carbocycles. The average Bonchev–Trinajstić information content (AvgIpc) is 3.74. The van der Waals surface area contributed by atoms with E-state index in [0.29, 0.717) is 30.9 Å². The first-order valence-corrected chi connectivity index (χ1v) is 12.0. The third-order valence-corrected chi connectivity index (χ3v) is 6.34. The second kappa shape index (κ2) is 11.1. The fourth-order valence-electron chi connectivity index (χ4n) is 4.19. The van der Waals surface area contributed by atoms with E-state index in [-0.39, 0.29) is 30.2 Å². The molecule has 2 aromatic carbocycles. The van der Waals surface area contributed by atoms with Gasteiger partial charge >= 0.3 is 0 Å². The van der Waals surface area contributed by atoms with E-state index < -0.39 is 0 Å². The molecule has 4 rings (SSSR count). The molecule has 35 heavy (non-hydrogen) atoms. The van der Waals surface area contributed by atoms with E-state index in [1.54, 1.807) is 42.4 Å². The lowest BCUT2D eigenvalue weighted by atomic mass is 10.1. The third kappa shape index (κ3) is 6.20. The maximum atomic E-state index is 12.8. The van der Waals surface area contributed by atoms with Crippen LogP contribution in [0.15, 0.2) is 61.2 Å². The normalized spacial score (nSPS) is 15.3. The Balaban J connectivity index is 1.27. The van der Waals surface area contributed by atoms with Gasteiger partial charge in [-0.1, -0.05) is 6.08 Å². The van der Waals surface area contributed by atoms with Crippen molar-refractivity contribution in [3.63, 3.8) is 0 Å². The van der Waals surface area contributed by atoms with Crippen LogP contribution in [0.4, 0.5) is 11.4 Å². The highest BCUT2D eigenvalue weighted by Crippen LogP contribution is 2.31. The molecule has 1 saturated carbocycles. The second-order valence-corrected chi connectivity index (χ2v) is 8.88. The van der Waals surface area contributed by atoms with E-state index in [1.165, 1.54) is 0 Å². The van der Waals surface area contributed by atoms with Gasteiger partial charge < -0.3 is 24.8 Å². The van der Waals surface area contributed by atoms with Crippen molar-refractivity contribution in [3.8, 4) is 5.75 Å². The molecule has 2 fully saturated rings. The fraction of sp³-hybridized carbons (Fsp3) is 0.370. The summed E-state index contributed by atoms with van der Waals surface area (Å²) >= 11 is 0. The lowest BCUT2D eigenvalue weighted by Crippen LogP contribution is -2.48. The van der Waals surface area contributed by atoms with Gasteiger partial charge in [-0.2, -0.15) is 0 Å². The van der Waals surface area contributed by atoms with Crippen LogP contribution in [0.5, 0.6) is 5.75 Å². The Labute approximate surface area is 206 Å². The molecule has 0 radical (unpaired) electrons. The summed E-state index contributed by atoms with van der Waals surface area (Å²) in [6, 6.07) is 14.8. The topological polar surface area (TPSA) is 82.2 Å². The Kier molecular flexibility index (Phi) is 7.70. The number of hydrogen-bond acceptors (Lipinski definition) is 5. The molecule has 184 valence electrons. The monoisotopic (exact) mass is 476 g/mol. The third-order valence-electron chi connectivity index (χ3n) is 6.34. The summed E-state index contributed by atoms with van der Waals surface area (Å²) in [6.45, 7) is 6.81. The van der Waals surface area contributed by atoms with Gasteiger partial charge in [-0.05, 0) is 61.4 Å². The lowest BCUT2D eigenvalue weighted by molar-refractivity contribution is -0.135. The predicted molar refractivity (Wildman–Crippen MR) is 136 cm³/mol. The highest BCUT2D eigenvalue weighted by molar-refractivity contribution is 5.95. The molecule has 1 heterocycles. The predicted octanol–water partition coefficient (Wildman–Crippen LogP) is 3.02. The SMILES string of the molecule is C=CCN(CC(=O)Nc1ccc(N2CCN(C(=O)c3ccc(OC)cc3)CC2)cc1)C(=O)C1CC1. The van der Waals surface area contributed by atoms with Crippen LogP contribution in [0.25, 0.3) is 0 Å². The lowest BCUT2D eigenvalue weighted by Gasteiger charge is -2.36. The summed E-state index contributed by atoms with van der Waals surface area (Å²) < 4.78 is 5.16. The number of carbonyl (C=O) groups excluding carboxylic acids is 3. The van der Waals surface area contributed by atoms with E-state index in [0.717, 1.165) is 37.4 Å². The van der Waals surface area contributed by atoms with Crippen LogP contribution in [-0.4, -0.2) is 73.9 Å². The second-order valence-electron chi connectivity index (χ2n) is 8.88. The molecule has 2 aliphatic rings. The zero-order valence-electron chi connectivity index (χ0n) is 20.1. The van der Waals surface area contributed by atoms with E-state index in [2.05, 4.69) is 16.8 Å². The van der Waals surface area contributed by atoms with E-state index >= 15 is 0 Å². The van der Waals surface area contributed by atoms with Crippen LogP contribution >= 0.6 is 0 Å². The van der Waals surface area contributed by atoms with E-state index in [1.807, 2.05) is 29.2 Å². The number of nitrogens with one attached hydrogen (secondary N) is 1. The van der Waals surface area contributed by atoms with Crippen molar-refractivity contribution >= 4 is 29.1 Å². The van der Waals surface area contributed by atoms with Crippen molar-refractivity contribution in [2.45, 2.75) is 12.8 Å². The first-order valence-electron chi connectivity index (χ1n) is 12.0. The molecule has 1 aliphatic heterocycles. The minimum atomic E-state index is -0.223. The van der Waals surface area contributed by atoms with Crippen molar-refractivity contribution in [3.05, 3.63) is 66.7 Å². The van der Waals surface area contributed by atoms with Crippen molar-refractivity contribution in [2.24, 2.45) is 5.92 Å². The van der Waals surface area contributed by atoms with Crippen molar-refractivity contribution < 1.29 is 19.1 Å². The van der Waals surface area contributed by atoms with E-state index in [4.69, 9.17) is 4.74 Å². The Morgan fingerprint density at radius 1 is 1.03 bits per heavy atom. The Bertz CT molecular complexity index is 1060. The number of rotatable bonds is 9. The molecule has 0 spiro atoms. The van der Waals surface area contributed by atoms with Gasteiger partial charge in [0.25, 0.3) is 5.91 Å². The molecule has 0 bridgehead atoms. The zero-order valence-corrected chi connectivity index (χ0v) is 20.1. The average molecular weight is 477 g/mol. The Morgan fingerprint density at radius 2 is 1.69 bits per heavy atom.